The van der Waals surface area contributed by atoms with Gasteiger partial charge in [-0.3, -0.25) is 19.3 Å². The second-order valence-electron chi connectivity index (χ2n) is 7.99. The van der Waals surface area contributed by atoms with E-state index in [4.69, 9.17) is 4.74 Å². The average molecular weight is 418 g/mol. The van der Waals surface area contributed by atoms with Crippen molar-refractivity contribution < 1.29 is 19.1 Å². The van der Waals surface area contributed by atoms with E-state index >= 15 is 0 Å². The number of fused-ring (bicyclic) bond motifs is 1. The van der Waals surface area contributed by atoms with Crippen LogP contribution in [-0.2, 0) is 38.9 Å². The predicted molar refractivity (Wildman–Crippen MR) is 115 cm³/mol. The number of carbonyl (C=O) groups excluding carboxylic acids is 3. The summed E-state index contributed by atoms with van der Waals surface area (Å²) >= 11 is 0. The molecule has 2 aliphatic rings. The zero-order chi connectivity index (χ0) is 21.6. The first-order valence-corrected chi connectivity index (χ1v) is 10.6. The Labute approximate surface area is 181 Å². The summed E-state index contributed by atoms with van der Waals surface area (Å²) in [5.74, 6) is -1.41. The Hall–Kier alpha value is -3.25. The van der Waals surface area contributed by atoms with Gasteiger partial charge in [-0.2, -0.15) is 0 Å². The summed E-state index contributed by atoms with van der Waals surface area (Å²) in [6.45, 7) is 1.13. The Morgan fingerprint density at radius 1 is 0.871 bits per heavy atom. The second-order valence-corrected chi connectivity index (χ2v) is 7.99. The Bertz CT molecular complexity index is 960. The van der Waals surface area contributed by atoms with Gasteiger partial charge in [-0.1, -0.05) is 66.7 Å². The fraction of sp³-hybridized carbons (Fsp3) is 0.320. The van der Waals surface area contributed by atoms with Gasteiger partial charge in [-0.25, -0.2) is 0 Å². The maximum Gasteiger partial charge on any atom is 0.240 e. The molecule has 6 heteroatoms. The third-order valence-corrected chi connectivity index (χ3v) is 5.76. The smallest absolute Gasteiger partial charge is 0.240 e. The van der Waals surface area contributed by atoms with Gasteiger partial charge < -0.3 is 10.1 Å². The van der Waals surface area contributed by atoms with Gasteiger partial charge in [0, 0.05) is 6.54 Å². The van der Waals surface area contributed by atoms with Crippen LogP contribution in [0.25, 0.3) is 0 Å². The number of benzene rings is 2. The Balaban J connectivity index is 1.25. The van der Waals surface area contributed by atoms with Crippen molar-refractivity contribution in [1.29, 1.82) is 0 Å². The van der Waals surface area contributed by atoms with E-state index < -0.39 is 0 Å². The highest BCUT2D eigenvalue weighted by Gasteiger charge is 2.47. The first kappa shape index (κ1) is 21.0. The van der Waals surface area contributed by atoms with Crippen molar-refractivity contribution in [3.8, 4) is 0 Å². The lowest BCUT2D eigenvalue weighted by Crippen LogP contribution is -2.40. The van der Waals surface area contributed by atoms with Gasteiger partial charge in [0.1, 0.15) is 6.54 Å². The summed E-state index contributed by atoms with van der Waals surface area (Å²) in [5, 5.41) is 2.82. The molecule has 1 heterocycles. The van der Waals surface area contributed by atoms with Gasteiger partial charge in [0.2, 0.25) is 17.7 Å². The van der Waals surface area contributed by atoms with Gasteiger partial charge in [-0.05, 0) is 29.5 Å². The molecule has 0 radical (unpaired) electrons. The average Bonchev–Trinajstić information content (AvgIpc) is 3.04. The van der Waals surface area contributed by atoms with Crippen molar-refractivity contribution in [2.45, 2.75) is 32.6 Å². The number of imide groups is 1. The number of ether oxygens (including phenoxy) is 1. The molecule has 0 unspecified atom stereocenters. The molecular formula is C25H26N2O4. The van der Waals surface area contributed by atoms with Gasteiger partial charge in [0.25, 0.3) is 0 Å². The van der Waals surface area contributed by atoms with E-state index in [-0.39, 0.29) is 36.1 Å². The van der Waals surface area contributed by atoms with Crippen LogP contribution < -0.4 is 5.32 Å². The second kappa shape index (κ2) is 9.71. The Morgan fingerprint density at radius 3 is 2.19 bits per heavy atom. The lowest BCUT2D eigenvalue weighted by molar-refractivity contribution is -0.143. The SMILES string of the molecule is O=C(CN1C(=O)[C@H]2CC=CC[C@@H]2C1=O)NCc1cccc(COCc2ccccc2)c1. The fourth-order valence-corrected chi connectivity index (χ4v) is 4.12. The largest absolute Gasteiger partial charge is 0.372 e. The van der Waals surface area contributed by atoms with Crippen LogP contribution in [0.1, 0.15) is 29.5 Å². The number of nitrogens with zero attached hydrogens (tertiary/aromatic N) is 1. The van der Waals surface area contributed by atoms with E-state index in [0.717, 1.165) is 21.6 Å². The maximum atomic E-state index is 12.5. The van der Waals surface area contributed by atoms with Crippen LogP contribution in [0.3, 0.4) is 0 Å². The zero-order valence-corrected chi connectivity index (χ0v) is 17.3. The minimum absolute atomic E-state index is 0.218. The van der Waals surface area contributed by atoms with Gasteiger partial charge in [0.05, 0.1) is 25.0 Å². The van der Waals surface area contributed by atoms with Gasteiger partial charge >= 0.3 is 0 Å². The molecule has 3 amide bonds. The van der Waals surface area contributed by atoms with E-state index in [2.05, 4.69) is 5.32 Å². The molecule has 2 aromatic carbocycles. The van der Waals surface area contributed by atoms with E-state index in [0.29, 0.717) is 32.6 Å². The number of carbonyl (C=O) groups is 3. The highest BCUT2D eigenvalue weighted by atomic mass is 16.5. The molecule has 1 fully saturated rings. The number of nitrogens with one attached hydrogen (secondary N) is 1. The van der Waals surface area contributed by atoms with Crippen molar-refractivity contribution in [2.75, 3.05) is 6.54 Å². The third kappa shape index (κ3) is 5.09. The molecule has 0 aromatic heterocycles. The number of hydrogen-bond donors (Lipinski definition) is 1. The summed E-state index contributed by atoms with van der Waals surface area (Å²) < 4.78 is 5.77. The molecule has 1 aliphatic heterocycles. The van der Waals surface area contributed by atoms with E-state index in [1.807, 2.05) is 66.7 Å². The molecule has 0 spiro atoms. The van der Waals surface area contributed by atoms with Crippen molar-refractivity contribution in [2.24, 2.45) is 11.8 Å². The third-order valence-electron chi connectivity index (χ3n) is 5.76. The minimum atomic E-state index is -0.334. The summed E-state index contributed by atoms with van der Waals surface area (Å²) in [4.78, 5) is 38.5. The highest BCUT2D eigenvalue weighted by Crippen LogP contribution is 2.34. The Morgan fingerprint density at radius 2 is 1.48 bits per heavy atom. The summed E-state index contributed by atoms with van der Waals surface area (Å²) in [7, 11) is 0. The first-order chi connectivity index (χ1) is 15.1. The van der Waals surface area contributed by atoms with Crippen LogP contribution in [0, 0.1) is 11.8 Å². The predicted octanol–water partition coefficient (Wildman–Crippen LogP) is 2.97. The molecule has 31 heavy (non-hydrogen) atoms. The summed E-state index contributed by atoms with van der Waals surface area (Å²) in [6, 6.07) is 17.8. The van der Waals surface area contributed by atoms with Gasteiger partial charge in [0.15, 0.2) is 0 Å². The lowest BCUT2D eigenvalue weighted by Gasteiger charge is -2.14. The first-order valence-electron chi connectivity index (χ1n) is 10.6. The quantitative estimate of drug-likeness (QED) is 0.528. The van der Waals surface area contributed by atoms with Crippen LogP contribution in [0.4, 0.5) is 0 Å². The monoisotopic (exact) mass is 418 g/mol. The van der Waals surface area contributed by atoms with Crippen LogP contribution in [0.15, 0.2) is 66.7 Å². The molecule has 1 saturated heterocycles. The zero-order valence-electron chi connectivity index (χ0n) is 17.3. The van der Waals surface area contributed by atoms with Crippen LogP contribution in [0.5, 0.6) is 0 Å². The van der Waals surface area contributed by atoms with Crippen LogP contribution in [-0.4, -0.2) is 29.2 Å². The highest BCUT2D eigenvalue weighted by molar-refractivity contribution is 6.07. The molecule has 0 bridgehead atoms. The topological polar surface area (TPSA) is 75.7 Å². The van der Waals surface area contributed by atoms with Gasteiger partial charge in [-0.15, -0.1) is 0 Å². The van der Waals surface area contributed by atoms with Crippen molar-refractivity contribution in [1.82, 2.24) is 10.2 Å². The van der Waals surface area contributed by atoms with Crippen molar-refractivity contribution in [3.63, 3.8) is 0 Å². The standard InChI is InChI=1S/C25H26N2O4/c28-23(15-27-24(29)21-11-4-5-12-22(21)25(27)30)26-14-19-9-6-10-20(13-19)17-31-16-18-7-2-1-3-8-18/h1-10,13,21-22H,11-12,14-17H2,(H,26,28)/t21-,22-/m0/s1. The minimum Gasteiger partial charge on any atom is -0.372 e. The van der Waals surface area contributed by atoms with E-state index in [1.165, 1.54) is 0 Å². The summed E-state index contributed by atoms with van der Waals surface area (Å²) in [6.07, 6.45) is 5.03. The summed E-state index contributed by atoms with van der Waals surface area (Å²) in [5.41, 5.74) is 3.07. The molecule has 0 saturated carbocycles. The van der Waals surface area contributed by atoms with Crippen molar-refractivity contribution in [3.05, 3.63) is 83.4 Å². The van der Waals surface area contributed by atoms with E-state index in [9.17, 15) is 14.4 Å². The van der Waals surface area contributed by atoms with Crippen LogP contribution >= 0.6 is 0 Å². The molecule has 1 aliphatic carbocycles. The molecule has 4 rings (SSSR count). The Kier molecular flexibility index (Phi) is 6.57. The van der Waals surface area contributed by atoms with Crippen LogP contribution in [0.2, 0.25) is 0 Å². The number of hydrogen-bond acceptors (Lipinski definition) is 4. The number of rotatable bonds is 8. The molecule has 6 nitrogen and oxygen atoms in total. The maximum absolute atomic E-state index is 12.5. The molecule has 160 valence electrons. The normalized spacial score (nSPS) is 20.1. The van der Waals surface area contributed by atoms with Crippen molar-refractivity contribution >= 4 is 17.7 Å². The fourth-order valence-electron chi connectivity index (χ4n) is 4.12. The molecule has 1 N–H and O–H groups in total. The molecular weight excluding hydrogens is 392 g/mol. The number of amides is 3. The molecule has 2 aromatic rings. The lowest BCUT2D eigenvalue weighted by atomic mass is 9.85. The number of likely N-dealkylation sites (tertiary alicyclic amines) is 1. The number of allylic oxidation sites excluding steroid dienone is 2. The van der Waals surface area contributed by atoms with E-state index in [1.54, 1.807) is 0 Å². The molecule has 2 atom stereocenters.